The molecule has 0 rings (SSSR count). The largest absolute Gasteiger partial charge is 0.462 e. The molecular formula is C77H118O6. The molecule has 0 amide bonds. The highest BCUT2D eigenvalue weighted by molar-refractivity contribution is 5.71. The molecule has 6 heteroatoms. The van der Waals surface area contributed by atoms with Crippen LogP contribution in [-0.2, 0) is 28.6 Å². The van der Waals surface area contributed by atoms with Crippen molar-refractivity contribution in [1.29, 1.82) is 0 Å². The summed E-state index contributed by atoms with van der Waals surface area (Å²) < 4.78 is 16.9. The van der Waals surface area contributed by atoms with Gasteiger partial charge in [0, 0.05) is 19.3 Å². The normalized spacial score (nSPS) is 13.4. The summed E-state index contributed by atoms with van der Waals surface area (Å²) in [6.45, 7) is 6.28. The fraction of sp³-hybridized carbons (Fsp3) is 0.545. The summed E-state index contributed by atoms with van der Waals surface area (Å²) in [4.78, 5) is 38.3. The number of hydrogen-bond acceptors (Lipinski definition) is 6. The zero-order valence-corrected chi connectivity index (χ0v) is 52.9. The van der Waals surface area contributed by atoms with E-state index in [0.29, 0.717) is 19.3 Å². The highest BCUT2D eigenvalue weighted by Gasteiger charge is 2.19. The van der Waals surface area contributed by atoms with Crippen LogP contribution in [0.4, 0.5) is 0 Å². The number of carbonyl (C=O) groups is 3. The molecule has 0 aliphatic carbocycles. The SMILES string of the molecule is CC/C=C\C/C=C\C/C=C\C/C=C\C/C=C\C/C=C\C/C=C\C/C=C\C/C=C\CCCCCCCC(=O)OCC(COC(=O)CCCCCCC/C=C\C/C=C\CCC)OC(=O)CCCCC/C=C\C/C=C\C/C=C\C/C=C\C/C=C\CC. The van der Waals surface area contributed by atoms with Gasteiger partial charge in [0.1, 0.15) is 13.2 Å². The molecule has 0 aliphatic rings. The van der Waals surface area contributed by atoms with E-state index in [4.69, 9.17) is 14.2 Å². The van der Waals surface area contributed by atoms with Crippen LogP contribution < -0.4 is 0 Å². The summed E-state index contributed by atoms with van der Waals surface area (Å²) in [5.41, 5.74) is 0. The number of ether oxygens (including phenoxy) is 3. The predicted octanol–water partition coefficient (Wildman–Crippen LogP) is 23.0. The van der Waals surface area contributed by atoms with Gasteiger partial charge in [0.05, 0.1) is 0 Å². The molecule has 0 heterocycles. The quantitative estimate of drug-likeness (QED) is 0.0261. The van der Waals surface area contributed by atoms with E-state index < -0.39 is 6.10 Å². The Hall–Kier alpha value is -5.75. The summed E-state index contributed by atoms with van der Waals surface area (Å²) in [6.07, 6.45) is 104. The van der Waals surface area contributed by atoms with Gasteiger partial charge in [0.15, 0.2) is 6.10 Å². The second-order valence-corrected chi connectivity index (χ2v) is 20.9. The van der Waals surface area contributed by atoms with E-state index in [0.717, 1.165) is 199 Å². The Kier molecular flexibility index (Phi) is 64.0. The topological polar surface area (TPSA) is 78.9 Å². The third kappa shape index (κ3) is 66.9. The van der Waals surface area contributed by atoms with Gasteiger partial charge in [-0.3, -0.25) is 14.4 Å². The maximum absolute atomic E-state index is 12.9. The molecule has 0 aromatic heterocycles. The fourth-order valence-electron chi connectivity index (χ4n) is 8.20. The number of hydrogen-bond donors (Lipinski definition) is 0. The summed E-state index contributed by atoms with van der Waals surface area (Å²) in [6, 6.07) is 0. The molecule has 0 saturated carbocycles. The first-order chi connectivity index (χ1) is 41.0. The molecule has 462 valence electrons. The Morgan fingerprint density at radius 2 is 0.470 bits per heavy atom. The van der Waals surface area contributed by atoms with E-state index in [1.54, 1.807) is 0 Å². The molecular weight excluding hydrogens is 1020 g/mol. The molecule has 1 unspecified atom stereocenters. The monoisotopic (exact) mass is 1140 g/mol. The number of rotatable bonds is 57. The van der Waals surface area contributed by atoms with Gasteiger partial charge in [-0.05, 0) is 161 Å². The van der Waals surface area contributed by atoms with Crippen LogP contribution in [0.1, 0.15) is 252 Å². The Morgan fingerprint density at radius 3 is 0.747 bits per heavy atom. The second-order valence-electron chi connectivity index (χ2n) is 20.9. The minimum absolute atomic E-state index is 0.115. The van der Waals surface area contributed by atoms with Crippen LogP contribution in [0.5, 0.6) is 0 Å². The average molecular weight is 1140 g/mol. The maximum Gasteiger partial charge on any atom is 0.306 e. The zero-order chi connectivity index (χ0) is 59.9. The van der Waals surface area contributed by atoms with Gasteiger partial charge in [0.25, 0.3) is 0 Å². The smallest absolute Gasteiger partial charge is 0.306 e. The molecule has 0 aromatic carbocycles. The van der Waals surface area contributed by atoms with Crippen molar-refractivity contribution in [3.63, 3.8) is 0 Å². The number of esters is 3. The van der Waals surface area contributed by atoms with Crippen molar-refractivity contribution < 1.29 is 28.6 Å². The molecule has 0 N–H and O–H groups in total. The van der Waals surface area contributed by atoms with Crippen LogP contribution in [0.3, 0.4) is 0 Å². The first kappa shape index (κ1) is 77.2. The van der Waals surface area contributed by atoms with E-state index in [1.807, 2.05) is 0 Å². The Morgan fingerprint density at radius 1 is 0.253 bits per heavy atom. The van der Waals surface area contributed by atoms with Gasteiger partial charge in [0.2, 0.25) is 0 Å². The number of carbonyl (C=O) groups excluding carboxylic acids is 3. The van der Waals surface area contributed by atoms with E-state index in [9.17, 15) is 14.4 Å². The van der Waals surface area contributed by atoms with E-state index >= 15 is 0 Å². The van der Waals surface area contributed by atoms with Crippen LogP contribution in [0.25, 0.3) is 0 Å². The molecule has 0 aliphatic heterocycles. The van der Waals surface area contributed by atoms with Gasteiger partial charge in [-0.2, -0.15) is 0 Å². The lowest BCUT2D eigenvalue weighted by atomic mass is 10.1. The minimum Gasteiger partial charge on any atom is -0.462 e. The third-order valence-electron chi connectivity index (χ3n) is 13.0. The highest BCUT2D eigenvalue weighted by atomic mass is 16.6. The van der Waals surface area contributed by atoms with Gasteiger partial charge in [-0.15, -0.1) is 0 Å². The van der Waals surface area contributed by atoms with Crippen molar-refractivity contribution in [3.05, 3.63) is 194 Å². The average Bonchev–Trinajstić information content (AvgIpc) is 3.49. The van der Waals surface area contributed by atoms with Gasteiger partial charge in [-0.25, -0.2) is 0 Å². The number of allylic oxidation sites excluding steroid dienone is 32. The third-order valence-corrected chi connectivity index (χ3v) is 13.0. The van der Waals surface area contributed by atoms with Gasteiger partial charge >= 0.3 is 17.9 Å². The Balaban J connectivity index is 4.43. The van der Waals surface area contributed by atoms with Gasteiger partial charge < -0.3 is 14.2 Å². The van der Waals surface area contributed by atoms with E-state index in [2.05, 4.69) is 215 Å². The van der Waals surface area contributed by atoms with Crippen molar-refractivity contribution in [2.75, 3.05) is 13.2 Å². The predicted molar refractivity (Wildman–Crippen MR) is 361 cm³/mol. The minimum atomic E-state index is -0.822. The van der Waals surface area contributed by atoms with Crippen molar-refractivity contribution in [2.45, 2.75) is 258 Å². The molecule has 0 spiro atoms. The van der Waals surface area contributed by atoms with E-state index in [-0.39, 0.29) is 37.5 Å². The van der Waals surface area contributed by atoms with Crippen LogP contribution in [0.15, 0.2) is 194 Å². The van der Waals surface area contributed by atoms with Crippen LogP contribution in [0, 0.1) is 0 Å². The fourth-order valence-corrected chi connectivity index (χ4v) is 8.20. The lowest BCUT2D eigenvalue weighted by Crippen LogP contribution is -2.30. The van der Waals surface area contributed by atoms with Crippen molar-refractivity contribution in [3.8, 4) is 0 Å². The number of unbranched alkanes of at least 4 members (excludes halogenated alkanes) is 14. The first-order valence-electron chi connectivity index (χ1n) is 32.9. The van der Waals surface area contributed by atoms with Gasteiger partial charge in [-0.1, -0.05) is 267 Å². The second kappa shape index (κ2) is 68.7. The Bertz CT molecular complexity index is 1990. The summed E-state index contributed by atoms with van der Waals surface area (Å²) in [7, 11) is 0. The highest BCUT2D eigenvalue weighted by Crippen LogP contribution is 2.13. The first-order valence-corrected chi connectivity index (χ1v) is 32.9. The molecule has 0 radical (unpaired) electrons. The molecule has 0 saturated heterocycles. The molecule has 0 bridgehead atoms. The molecule has 0 aromatic rings. The lowest BCUT2D eigenvalue weighted by molar-refractivity contribution is -0.167. The van der Waals surface area contributed by atoms with Crippen molar-refractivity contribution in [1.82, 2.24) is 0 Å². The standard InChI is InChI=1S/C77H118O6/c1-4-7-10-13-16-19-22-25-27-29-31-32-33-34-35-36-37-38-39-40-41-42-43-44-46-47-49-52-55-58-61-64-67-70-76(79)82-73-74(72-81-75(78)69-66-63-60-57-54-51-24-21-18-15-12-9-6-3)83-77(80)71-68-65-62-59-56-53-50-48-45-30-28-26-23-20-17-14-11-8-5-2/h7-8,10-12,15-17,19-21,24-28,31-32,34-35,37-38,40-41,43-45,47-49,53,56,74H,4-6,9,13-14,18,22-23,29-30,33,36,39,42,46,50-52,54-55,57-73H2,1-3H3/b10-7-,11-8-,15-12-,19-16-,20-17-,24-21-,27-25-,28-26-,32-31-,35-34-,38-37-,41-40-,44-43-,48-45-,49-47-,56-53-. The van der Waals surface area contributed by atoms with Crippen LogP contribution in [-0.4, -0.2) is 37.2 Å². The summed E-state index contributed by atoms with van der Waals surface area (Å²) in [5, 5.41) is 0. The lowest BCUT2D eigenvalue weighted by Gasteiger charge is -2.18. The molecule has 6 nitrogen and oxygen atoms in total. The van der Waals surface area contributed by atoms with Crippen molar-refractivity contribution >= 4 is 17.9 Å². The zero-order valence-electron chi connectivity index (χ0n) is 52.9. The van der Waals surface area contributed by atoms with Crippen LogP contribution >= 0.6 is 0 Å². The Labute approximate surface area is 509 Å². The summed E-state index contributed by atoms with van der Waals surface area (Å²) >= 11 is 0. The van der Waals surface area contributed by atoms with Crippen molar-refractivity contribution in [2.24, 2.45) is 0 Å². The summed E-state index contributed by atoms with van der Waals surface area (Å²) in [5.74, 6) is -0.989. The molecule has 1 atom stereocenters. The molecule has 0 fully saturated rings. The van der Waals surface area contributed by atoms with E-state index in [1.165, 1.54) is 6.42 Å². The maximum atomic E-state index is 12.9. The van der Waals surface area contributed by atoms with Crippen LogP contribution in [0.2, 0.25) is 0 Å². The molecule has 83 heavy (non-hydrogen) atoms.